The Bertz CT molecular complexity index is 801. The Morgan fingerprint density at radius 1 is 1.17 bits per heavy atom. The smallest absolute Gasteiger partial charge is 0.251 e. The quantitative estimate of drug-likeness (QED) is 0.749. The lowest BCUT2D eigenvalue weighted by molar-refractivity contribution is 0.0954. The summed E-state index contributed by atoms with van der Waals surface area (Å²) in [5.74, 6) is 0.640. The van der Waals surface area contributed by atoms with Crippen molar-refractivity contribution in [1.82, 2.24) is 15.3 Å². The van der Waals surface area contributed by atoms with Crippen LogP contribution in [0.25, 0.3) is 11.3 Å². The number of hydrogen-bond donors (Lipinski definition) is 1. The van der Waals surface area contributed by atoms with E-state index in [0.717, 1.165) is 22.0 Å². The number of hydrogen-bond acceptors (Lipinski definition) is 5. The van der Waals surface area contributed by atoms with E-state index in [4.69, 9.17) is 4.74 Å². The molecule has 3 rings (SSSR count). The molecular formula is C18H17N3O2S. The van der Waals surface area contributed by atoms with Gasteiger partial charge in [0.05, 0.1) is 17.8 Å². The number of carbonyl (C=O) groups is 1. The third kappa shape index (κ3) is 3.97. The Hall–Kier alpha value is -2.73. The summed E-state index contributed by atoms with van der Waals surface area (Å²) >= 11 is 1.60. The second kappa shape index (κ2) is 7.70. The van der Waals surface area contributed by atoms with Crippen LogP contribution < -0.4 is 10.1 Å². The van der Waals surface area contributed by atoms with Gasteiger partial charge in [-0.3, -0.25) is 9.78 Å². The van der Waals surface area contributed by atoms with Crippen molar-refractivity contribution >= 4 is 17.2 Å². The molecule has 0 spiro atoms. The van der Waals surface area contributed by atoms with Gasteiger partial charge in [-0.15, -0.1) is 11.3 Å². The normalized spacial score (nSPS) is 10.4. The van der Waals surface area contributed by atoms with Crippen LogP contribution in [0.3, 0.4) is 0 Å². The highest BCUT2D eigenvalue weighted by Gasteiger charge is 2.07. The summed E-state index contributed by atoms with van der Waals surface area (Å²) in [7, 11) is 1.60. The Balaban J connectivity index is 1.53. The predicted molar refractivity (Wildman–Crippen MR) is 94.4 cm³/mol. The van der Waals surface area contributed by atoms with Gasteiger partial charge in [-0.1, -0.05) is 0 Å². The summed E-state index contributed by atoms with van der Waals surface area (Å²) in [6.07, 6.45) is 4.21. The van der Waals surface area contributed by atoms with E-state index in [1.54, 1.807) is 55.1 Å². The summed E-state index contributed by atoms with van der Waals surface area (Å²) < 4.78 is 5.08. The van der Waals surface area contributed by atoms with Crippen molar-refractivity contribution in [2.24, 2.45) is 0 Å². The fraction of sp³-hybridized carbons (Fsp3) is 0.167. The molecule has 1 amide bonds. The second-order valence-electron chi connectivity index (χ2n) is 5.10. The zero-order valence-electron chi connectivity index (χ0n) is 13.2. The third-order valence-corrected chi connectivity index (χ3v) is 4.41. The van der Waals surface area contributed by atoms with Crippen LogP contribution >= 0.6 is 11.3 Å². The van der Waals surface area contributed by atoms with E-state index < -0.39 is 0 Å². The number of amides is 1. The lowest BCUT2D eigenvalue weighted by Gasteiger charge is -2.05. The van der Waals surface area contributed by atoms with Gasteiger partial charge in [0, 0.05) is 41.9 Å². The Labute approximate surface area is 144 Å². The number of methoxy groups -OCH3 is 1. The predicted octanol–water partition coefficient (Wildman–Crippen LogP) is 3.19. The average Bonchev–Trinajstić information content (AvgIpc) is 3.11. The Morgan fingerprint density at radius 3 is 2.62 bits per heavy atom. The molecule has 0 aliphatic rings. The van der Waals surface area contributed by atoms with Gasteiger partial charge in [0.15, 0.2) is 0 Å². The Kier molecular flexibility index (Phi) is 5.18. The van der Waals surface area contributed by atoms with Gasteiger partial charge >= 0.3 is 0 Å². The molecule has 0 aliphatic carbocycles. The van der Waals surface area contributed by atoms with Crippen molar-refractivity contribution < 1.29 is 9.53 Å². The van der Waals surface area contributed by atoms with E-state index >= 15 is 0 Å². The maximum Gasteiger partial charge on any atom is 0.251 e. The van der Waals surface area contributed by atoms with Crippen LogP contribution in [0.2, 0.25) is 0 Å². The summed E-state index contributed by atoms with van der Waals surface area (Å²) in [5, 5.41) is 5.93. The molecule has 0 aliphatic heterocycles. The molecule has 24 heavy (non-hydrogen) atoms. The number of pyridine rings is 1. The lowest BCUT2D eigenvalue weighted by atomic mass is 10.2. The first-order valence-electron chi connectivity index (χ1n) is 7.53. The molecule has 5 nitrogen and oxygen atoms in total. The maximum absolute atomic E-state index is 12.1. The van der Waals surface area contributed by atoms with Crippen LogP contribution in [0.15, 0.2) is 54.2 Å². The molecule has 122 valence electrons. The molecule has 0 fully saturated rings. The number of nitrogens with one attached hydrogen (secondary N) is 1. The van der Waals surface area contributed by atoms with Crippen LogP contribution in [0, 0.1) is 0 Å². The summed E-state index contributed by atoms with van der Waals surface area (Å²) in [6.45, 7) is 0.550. The lowest BCUT2D eigenvalue weighted by Crippen LogP contribution is -2.25. The molecule has 0 radical (unpaired) electrons. The first kappa shape index (κ1) is 16.1. The number of benzene rings is 1. The first-order valence-corrected chi connectivity index (χ1v) is 8.41. The topological polar surface area (TPSA) is 64.1 Å². The number of thiazole rings is 1. The van der Waals surface area contributed by atoms with E-state index in [0.29, 0.717) is 18.5 Å². The highest BCUT2D eigenvalue weighted by atomic mass is 32.1. The number of aromatic nitrogens is 2. The number of carbonyl (C=O) groups excluding carboxylic acids is 1. The van der Waals surface area contributed by atoms with Crippen molar-refractivity contribution in [1.29, 1.82) is 0 Å². The molecule has 2 aromatic heterocycles. The van der Waals surface area contributed by atoms with E-state index in [1.807, 2.05) is 17.5 Å². The molecule has 2 heterocycles. The summed E-state index contributed by atoms with van der Waals surface area (Å²) in [4.78, 5) is 20.7. The minimum absolute atomic E-state index is 0.0939. The standard InChI is InChI=1S/C18H17N3O2S/c1-23-15-4-2-14(3-5-15)18(22)20-11-8-17-21-16(12-24-17)13-6-9-19-10-7-13/h2-7,9-10,12H,8,11H2,1H3,(H,20,22). The zero-order chi connectivity index (χ0) is 16.8. The van der Waals surface area contributed by atoms with Gasteiger partial charge in [0.25, 0.3) is 5.91 Å². The average molecular weight is 339 g/mol. The van der Waals surface area contributed by atoms with E-state index in [9.17, 15) is 4.79 Å². The summed E-state index contributed by atoms with van der Waals surface area (Å²) in [6, 6.07) is 10.9. The van der Waals surface area contributed by atoms with Gasteiger partial charge in [-0.25, -0.2) is 4.98 Å². The molecule has 1 N–H and O–H groups in total. The first-order chi connectivity index (χ1) is 11.8. The van der Waals surface area contributed by atoms with Crippen LogP contribution in [0.5, 0.6) is 5.75 Å². The minimum atomic E-state index is -0.0939. The van der Waals surface area contributed by atoms with Crippen molar-refractivity contribution in [3.8, 4) is 17.0 Å². The van der Waals surface area contributed by atoms with Gasteiger partial charge in [0.1, 0.15) is 5.75 Å². The molecule has 0 bridgehead atoms. The maximum atomic E-state index is 12.1. The van der Waals surface area contributed by atoms with E-state index in [2.05, 4.69) is 15.3 Å². The number of nitrogens with zero attached hydrogens (tertiary/aromatic N) is 2. The fourth-order valence-corrected chi connectivity index (χ4v) is 3.02. The largest absolute Gasteiger partial charge is 0.497 e. The molecular weight excluding hydrogens is 322 g/mol. The van der Waals surface area contributed by atoms with E-state index in [-0.39, 0.29) is 5.91 Å². The second-order valence-corrected chi connectivity index (χ2v) is 6.04. The van der Waals surface area contributed by atoms with Crippen molar-refractivity contribution in [3.63, 3.8) is 0 Å². The highest BCUT2D eigenvalue weighted by Crippen LogP contribution is 2.21. The van der Waals surface area contributed by atoms with Gasteiger partial charge < -0.3 is 10.1 Å². The van der Waals surface area contributed by atoms with Gasteiger partial charge in [-0.2, -0.15) is 0 Å². The molecule has 0 saturated carbocycles. The molecule has 3 aromatic rings. The van der Waals surface area contributed by atoms with Crippen LogP contribution in [0.1, 0.15) is 15.4 Å². The fourth-order valence-electron chi connectivity index (χ4n) is 2.21. The van der Waals surface area contributed by atoms with Crippen molar-refractivity contribution in [2.75, 3.05) is 13.7 Å². The van der Waals surface area contributed by atoms with Crippen molar-refractivity contribution in [3.05, 3.63) is 64.7 Å². The number of rotatable bonds is 6. The highest BCUT2D eigenvalue weighted by molar-refractivity contribution is 7.09. The SMILES string of the molecule is COc1ccc(C(=O)NCCc2nc(-c3ccncc3)cs2)cc1. The Morgan fingerprint density at radius 2 is 1.92 bits per heavy atom. The number of ether oxygens (including phenoxy) is 1. The zero-order valence-corrected chi connectivity index (χ0v) is 14.0. The van der Waals surface area contributed by atoms with Gasteiger partial charge in [-0.05, 0) is 36.4 Å². The molecule has 6 heteroatoms. The molecule has 1 aromatic carbocycles. The van der Waals surface area contributed by atoms with Crippen LogP contribution in [-0.4, -0.2) is 29.5 Å². The third-order valence-electron chi connectivity index (χ3n) is 3.50. The molecule has 0 atom stereocenters. The molecule has 0 unspecified atom stereocenters. The van der Waals surface area contributed by atoms with Gasteiger partial charge in [0.2, 0.25) is 0 Å². The monoisotopic (exact) mass is 339 g/mol. The van der Waals surface area contributed by atoms with Crippen LogP contribution in [0.4, 0.5) is 0 Å². The minimum Gasteiger partial charge on any atom is -0.497 e. The van der Waals surface area contributed by atoms with Crippen molar-refractivity contribution in [2.45, 2.75) is 6.42 Å². The molecule has 0 saturated heterocycles. The van der Waals surface area contributed by atoms with E-state index in [1.165, 1.54) is 0 Å². The van der Waals surface area contributed by atoms with Crippen LogP contribution in [-0.2, 0) is 6.42 Å². The summed E-state index contributed by atoms with van der Waals surface area (Å²) in [5.41, 5.74) is 2.61.